The minimum atomic E-state index is 0.526. The Hall–Kier alpha value is -2.88. The van der Waals surface area contributed by atoms with E-state index in [4.69, 9.17) is 9.47 Å². The molecule has 4 nitrogen and oxygen atoms in total. The van der Waals surface area contributed by atoms with Gasteiger partial charge in [-0.05, 0) is 37.3 Å². The van der Waals surface area contributed by atoms with Crippen LogP contribution in [0.25, 0.3) is 11.1 Å². The number of pyridine rings is 2. The van der Waals surface area contributed by atoms with Gasteiger partial charge in [0, 0.05) is 29.7 Å². The van der Waals surface area contributed by atoms with Gasteiger partial charge < -0.3 is 9.47 Å². The first kappa shape index (κ1) is 14.1. The molecule has 4 heteroatoms. The molecule has 0 amide bonds. The molecule has 0 N–H and O–H groups in total. The van der Waals surface area contributed by atoms with E-state index in [1.807, 2.05) is 49.4 Å². The number of ether oxygens (including phenoxy) is 2. The highest BCUT2D eigenvalue weighted by Gasteiger charge is 2.13. The van der Waals surface area contributed by atoms with Crippen LogP contribution < -0.4 is 9.47 Å². The van der Waals surface area contributed by atoms with Gasteiger partial charge in [0.25, 0.3) is 0 Å². The molecule has 0 saturated carbocycles. The molecule has 0 unspecified atom stereocenters. The first-order valence-corrected chi connectivity index (χ1v) is 6.96. The van der Waals surface area contributed by atoms with Crippen molar-refractivity contribution < 1.29 is 9.47 Å². The lowest BCUT2D eigenvalue weighted by Gasteiger charge is -2.12. The maximum absolute atomic E-state index is 5.92. The van der Waals surface area contributed by atoms with E-state index in [0.29, 0.717) is 5.88 Å². The molecular weight excluding hydrogens is 276 g/mol. The van der Waals surface area contributed by atoms with Crippen LogP contribution in [-0.2, 0) is 0 Å². The maximum Gasteiger partial charge on any atom is 0.227 e. The molecule has 0 radical (unpaired) electrons. The SMILES string of the molecule is COc1ccncc1-c1cccnc1Oc1ccc(C)cc1. The van der Waals surface area contributed by atoms with E-state index in [2.05, 4.69) is 9.97 Å². The molecule has 3 aromatic rings. The quantitative estimate of drug-likeness (QED) is 0.721. The molecule has 0 fully saturated rings. The standard InChI is InChI=1S/C18H16N2O2/c1-13-5-7-14(8-6-13)22-18-15(4-3-10-20-18)16-12-19-11-9-17(16)21-2/h3-12H,1-2H3. The molecule has 0 aliphatic carbocycles. The summed E-state index contributed by atoms with van der Waals surface area (Å²) in [5.74, 6) is 2.00. The van der Waals surface area contributed by atoms with Crippen molar-refractivity contribution in [3.63, 3.8) is 0 Å². The van der Waals surface area contributed by atoms with Gasteiger partial charge in [0.1, 0.15) is 11.5 Å². The fourth-order valence-corrected chi connectivity index (χ4v) is 2.16. The molecule has 1 aromatic carbocycles. The summed E-state index contributed by atoms with van der Waals surface area (Å²) in [5.41, 5.74) is 2.87. The zero-order valence-corrected chi connectivity index (χ0v) is 12.5. The first-order valence-electron chi connectivity index (χ1n) is 6.96. The van der Waals surface area contributed by atoms with Crippen LogP contribution in [0, 0.1) is 6.92 Å². The molecule has 0 spiro atoms. The Morgan fingerprint density at radius 3 is 2.50 bits per heavy atom. The van der Waals surface area contributed by atoms with E-state index in [-0.39, 0.29) is 0 Å². The van der Waals surface area contributed by atoms with Gasteiger partial charge in [-0.2, -0.15) is 0 Å². The van der Waals surface area contributed by atoms with Crippen LogP contribution in [0.1, 0.15) is 5.56 Å². The highest BCUT2D eigenvalue weighted by molar-refractivity contribution is 5.73. The summed E-state index contributed by atoms with van der Waals surface area (Å²) in [5, 5.41) is 0. The number of rotatable bonds is 4. The van der Waals surface area contributed by atoms with E-state index in [0.717, 1.165) is 22.6 Å². The lowest BCUT2D eigenvalue weighted by Crippen LogP contribution is -1.94. The third-order valence-electron chi connectivity index (χ3n) is 3.30. The largest absolute Gasteiger partial charge is 0.496 e. The van der Waals surface area contributed by atoms with E-state index in [1.165, 1.54) is 5.56 Å². The predicted octanol–water partition coefficient (Wildman–Crippen LogP) is 4.25. The number of hydrogen-bond acceptors (Lipinski definition) is 4. The predicted molar refractivity (Wildman–Crippen MR) is 85.3 cm³/mol. The normalized spacial score (nSPS) is 10.3. The van der Waals surface area contributed by atoms with Crippen molar-refractivity contribution >= 4 is 0 Å². The lowest BCUT2D eigenvalue weighted by atomic mass is 10.1. The third kappa shape index (κ3) is 2.91. The van der Waals surface area contributed by atoms with Gasteiger partial charge in [0.15, 0.2) is 0 Å². The smallest absolute Gasteiger partial charge is 0.227 e. The second-order valence-electron chi connectivity index (χ2n) is 4.85. The molecular formula is C18H16N2O2. The first-order chi connectivity index (χ1) is 10.8. The summed E-state index contributed by atoms with van der Waals surface area (Å²) in [7, 11) is 1.63. The summed E-state index contributed by atoms with van der Waals surface area (Å²) in [6.07, 6.45) is 5.15. The summed E-state index contributed by atoms with van der Waals surface area (Å²) in [4.78, 5) is 8.51. The zero-order valence-electron chi connectivity index (χ0n) is 12.5. The minimum Gasteiger partial charge on any atom is -0.496 e. The molecule has 0 bridgehead atoms. The van der Waals surface area contributed by atoms with Crippen molar-refractivity contribution in [1.82, 2.24) is 9.97 Å². The zero-order chi connectivity index (χ0) is 15.4. The Bertz CT molecular complexity index is 770. The molecule has 2 aromatic heterocycles. The van der Waals surface area contributed by atoms with Crippen molar-refractivity contribution in [3.05, 3.63) is 66.6 Å². The van der Waals surface area contributed by atoms with Crippen molar-refractivity contribution in [1.29, 1.82) is 0 Å². The molecule has 22 heavy (non-hydrogen) atoms. The van der Waals surface area contributed by atoms with Gasteiger partial charge >= 0.3 is 0 Å². The molecule has 0 aliphatic heterocycles. The Kier molecular flexibility index (Phi) is 4.01. The van der Waals surface area contributed by atoms with Gasteiger partial charge in [0.05, 0.1) is 7.11 Å². The highest BCUT2D eigenvalue weighted by atomic mass is 16.5. The van der Waals surface area contributed by atoms with Crippen LogP contribution in [0.5, 0.6) is 17.4 Å². The summed E-state index contributed by atoms with van der Waals surface area (Å²) in [6, 6.07) is 13.5. The van der Waals surface area contributed by atoms with Crippen molar-refractivity contribution in [2.75, 3.05) is 7.11 Å². The van der Waals surface area contributed by atoms with Crippen LogP contribution in [0.3, 0.4) is 0 Å². The van der Waals surface area contributed by atoms with E-state index < -0.39 is 0 Å². The fraction of sp³-hybridized carbons (Fsp3) is 0.111. The summed E-state index contributed by atoms with van der Waals surface area (Å²) in [6.45, 7) is 2.04. The molecule has 3 rings (SSSR count). The molecule has 0 aliphatic rings. The third-order valence-corrected chi connectivity index (χ3v) is 3.30. The van der Waals surface area contributed by atoms with Crippen LogP contribution >= 0.6 is 0 Å². The van der Waals surface area contributed by atoms with Gasteiger partial charge in [-0.1, -0.05) is 17.7 Å². The number of benzene rings is 1. The van der Waals surface area contributed by atoms with Crippen LogP contribution in [0.2, 0.25) is 0 Å². The average molecular weight is 292 g/mol. The minimum absolute atomic E-state index is 0.526. The molecule has 110 valence electrons. The van der Waals surface area contributed by atoms with Gasteiger partial charge in [-0.25, -0.2) is 4.98 Å². The topological polar surface area (TPSA) is 44.2 Å². The number of nitrogens with zero attached hydrogens (tertiary/aromatic N) is 2. The van der Waals surface area contributed by atoms with Crippen molar-refractivity contribution in [2.24, 2.45) is 0 Å². The Labute approximate surface area is 129 Å². The highest BCUT2D eigenvalue weighted by Crippen LogP contribution is 2.36. The molecule has 2 heterocycles. The fourth-order valence-electron chi connectivity index (χ4n) is 2.16. The average Bonchev–Trinajstić information content (AvgIpc) is 2.57. The van der Waals surface area contributed by atoms with Gasteiger partial charge in [-0.3, -0.25) is 4.98 Å². The second-order valence-corrected chi connectivity index (χ2v) is 4.85. The van der Waals surface area contributed by atoms with E-state index in [9.17, 15) is 0 Å². The molecule has 0 saturated heterocycles. The Morgan fingerprint density at radius 2 is 1.73 bits per heavy atom. The number of aryl methyl sites for hydroxylation is 1. The van der Waals surface area contributed by atoms with Gasteiger partial charge in [-0.15, -0.1) is 0 Å². The molecule has 0 atom stereocenters. The number of aromatic nitrogens is 2. The number of methoxy groups -OCH3 is 1. The van der Waals surface area contributed by atoms with E-state index >= 15 is 0 Å². The van der Waals surface area contributed by atoms with Crippen LogP contribution in [-0.4, -0.2) is 17.1 Å². The summed E-state index contributed by atoms with van der Waals surface area (Å²) < 4.78 is 11.3. The van der Waals surface area contributed by atoms with Gasteiger partial charge in [0.2, 0.25) is 5.88 Å². The lowest BCUT2D eigenvalue weighted by molar-refractivity contribution is 0.415. The van der Waals surface area contributed by atoms with Crippen molar-refractivity contribution in [3.8, 4) is 28.5 Å². The second kappa shape index (κ2) is 6.26. The monoisotopic (exact) mass is 292 g/mol. The summed E-state index contributed by atoms with van der Waals surface area (Å²) >= 11 is 0. The van der Waals surface area contributed by atoms with Crippen molar-refractivity contribution in [2.45, 2.75) is 6.92 Å². The van der Waals surface area contributed by atoms with E-state index in [1.54, 1.807) is 25.7 Å². The Morgan fingerprint density at radius 1 is 0.909 bits per heavy atom. The Balaban J connectivity index is 2.01. The number of hydrogen-bond donors (Lipinski definition) is 0. The van der Waals surface area contributed by atoms with Crippen LogP contribution in [0.4, 0.5) is 0 Å². The maximum atomic E-state index is 5.92. The van der Waals surface area contributed by atoms with Crippen LogP contribution in [0.15, 0.2) is 61.1 Å².